The van der Waals surface area contributed by atoms with E-state index in [1.54, 1.807) is 30.6 Å². The summed E-state index contributed by atoms with van der Waals surface area (Å²) in [5, 5.41) is 3.86. The van der Waals surface area contributed by atoms with Crippen molar-refractivity contribution in [3.63, 3.8) is 0 Å². The highest BCUT2D eigenvalue weighted by Gasteiger charge is 2.23. The fourth-order valence-electron chi connectivity index (χ4n) is 3.53. The standard InChI is InChI=1S/C21H23N5O2S/c1-13-17-19(26-9-7-25(3)8-10-26)22-12-23-21(17)29-18(13)20(28)24-16-6-4-5-15(11-16)14(2)27/h4-6,11-12H,7-10H2,1-3H3,(H,24,28). The van der Waals surface area contributed by atoms with Crippen molar-refractivity contribution in [1.82, 2.24) is 14.9 Å². The molecule has 4 rings (SSSR count). The van der Waals surface area contributed by atoms with Crippen LogP contribution in [-0.2, 0) is 0 Å². The van der Waals surface area contributed by atoms with Crippen molar-refractivity contribution in [3.8, 4) is 0 Å². The van der Waals surface area contributed by atoms with Crippen LogP contribution >= 0.6 is 11.3 Å². The van der Waals surface area contributed by atoms with Crippen LogP contribution in [0.1, 0.15) is 32.5 Å². The van der Waals surface area contributed by atoms with Gasteiger partial charge in [-0.3, -0.25) is 9.59 Å². The number of hydrogen-bond acceptors (Lipinski definition) is 7. The number of ketones is 1. The number of nitrogens with one attached hydrogen (secondary N) is 1. The average Bonchev–Trinajstić information content (AvgIpc) is 3.06. The average molecular weight is 410 g/mol. The molecule has 8 heteroatoms. The lowest BCUT2D eigenvalue weighted by Gasteiger charge is -2.33. The van der Waals surface area contributed by atoms with Gasteiger partial charge in [-0.2, -0.15) is 0 Å². The van der Waals surface area contributed by atoms with Gasteiger partial charge in [-0.25, -0.2) is 9.97 Å². The van der Waals surface area contributed by atoms with E-state index >= 15 is 0 Å². The number of nitrogens with zero attached hydrogens (tertiary/aromatic N) is 4. The van der Waals surface area contributed by atoms with Crippen molar-refractivity contribution in [2.75, 3.05) is 43.4 Å². The third-order valence-electron chi connectivity index (χ3n) is 5.24. The Hall–Kier alpha value is -2.84. The number of aryl methyl sites for hydroxylation is 1. The van der Waals surface area contributed by atoms with Gasteiger partial charge < -0.3 is 15.1 Å². The molecule has 2 aromatic heterocycles. The van der Waals surface area contributed by atoms with Gasteiger partial charge >= 0.3 is 0 Å². The fourth-order valence-corrected chi connectivity index (χ4v) is 4.57. The van der Waals surface area contributed by atoms with Gasteiger partial charge in [-0.15, -0.1) is 11.3 Å². The Kier molecular flexibility index (Phi) is 5.29. The molecule has 0 atom stereocenters. The van der Waals surface area contributed by atoms with E-state index in [0.717, 1.165) is 47.8 Å². The van der Waals surface area contributed by atoms with Crippen molar-refractivity contribution in [3.05, 3.63) is 46.6 Å². The number of rotatable bonds is 4. The third kappa shape index (κ3) is 3.86. The molecule has 1 saturated heterocycles. The maximum absolute atomic E-state index is 13.0. The number of likely N-dealkylation sites (N-methyl/N-ethyl adjacent to an activating group) is 1. The predicted octanol–water partition coefficient (Wildman–Crippen LogP) is 3.21. The second-order valence-electron chi connectivity index (χ2n) is 7.32. The van der Waals surface area contributed by atoms with Crippen molar-refractivity contribution in [2.24, 2.45) is 0 Å². The lowest BCUT2D eigenvalue weighted by atomic mass is 10.1. The molecule has 150 valence electrons. The minimum absolute atomic E-state index is 0.0359. The molecule has 0 saturated carbocycles. The number of hydrogen-bond donors (Lipinski definition) is 1. The summed E-state index contributed by atoms with van der Waals surface area (Å²) in [4.78, 5) is 39.5. The van der Waals surface area contributed by atoms with Crippen LogP contribution in [0.25, 0.3) is 10.2 Å². The van der Waals surface area contributed by atoms with E-state index in [-0.39, 0.29) is 11.7 Å². The lowest BCUT2D eigenvalue weighted by molar-refractivity contribution is 0.101. The summed E-state index contributed by atoms with van der Waals surface area (Å²) in [5.41, 5.74) is 2.06. The van der Waals surface area contributed by atoms with Crippen molar-refractivity contribution >= 4 is 44.7 Å². The monoisotopic (exact) mass is 409 g/mol. The number of thiophene rings is 1. The molecular weight excluding hydrogens is 386 g/mol. The van der Waals surface area contributed by atoms with E-state index in [0.29, 0.717) is 16.1 Å². The molecule has 7 nitrogen and oxygen atoms in total. The molecular formula is C21H23N5O2S. The summed E-state index contributed by atoms with van der Waals surface area (Å²) in [6.45, 7) is 7.22. The first-order chi connectivity index (χ1) is 13.9. The quantitative estimate of drug-likeness (QED) is 0.667. The first-order valence-electron chi connectivity index (χ1n) is 9.54. The molecule has 1 aliphatic rings. The number of carbonyl (C=O) groups is 2. The summed E-state index contributed by atoms with van der Waals surface area (Å²) < 4.78 is 0. The van der Waals surface area contributed by atoms with Crippen LogP contribution in [0, 0.1) is 6.92 Å². The van der Waals surface area contributed by atoms with Gasteiger partial charge in [0.05, 0.1) is 10.3 Å². The van der Waals surface area contributed by atoms with Crippen molar-refractivity contribution in [2.45, 2.75) is 13.8 Å². The summed E-state index contributed by atoms with van der Waals surface area (Å²) in [6.07, 6.45) is 1.57. The summed E-state index contributed by atoms with van der Waals surface area (Å²) in [7, 11) is 2.12. The zero-order valence-corrected chi connectivity index (χ0v) is 17.5. The number of fused-ring (bicyclic) bond motifs is 1. The predicted molar refractivity (Wildman–Crippen MR) is 116 cm³/mol. The number of piperazine rings is 1. The number of anilines is 2. The number of carbonyl (C=O) groups excluding carboxylic acids is 2. The van der Waals surface area contributed by atoms with Gasteiger partial charge in [0.2, 0.25) is 0 Å². The maximum Gasteiger partial charge on any atom is 0.266 e. The van der Waals surface area contributed by atoms with Crippen LogP contribution in [0.3, 0.4) is 0 Å². The molecule has 1 N–H and O–H groups in total. The zero-order chi connectivity index (χ0) is 20.5. The molecule has 1 aliphatic heterocycles. The molecule has 29 heavy (non-hydrogen) atoms. The lowest BCUT2D eigenvalue weighted by Crippen LogP contribution is -2.44. The van der Waals surface area contributed by atoms with Gasteiger partial charge in [0, 0.05) is 37.4 Å². The Morgan fingerprint density at radius 1 is 1.14 bits per heavy atom. The Balaban J connectivity index is 1.65. The molecule has 0 unspecified atom stereocenters. The molecule has 0 aliphatic carbocycles. The van der Waals surface area contributed by atoms with Crippen LogP contribution in [0.15, 0.2) is 30.6 Å². The zero-order valence-electron chi connectivity index (χ0n) is 16.7. The number of benzene rings is 1. The molecule has 1 fully saturated rings. The van der Waals surface area contributed by atoms with E-state index in [1.807, 2.05) is 6.92 Å². The van der Waals surface area contributed by atoms with E-state index in [4.69, 9.17) is 0 Å². The van der Waals surface area contributed by atoms with Gasteiger partial charge in [0.1, 0.15) is 17.0 Å². The maximum atomic E-state index is 13.0. The molecule has 3 heterocycles. The van der Waals surface area contributed by atoms with Crippen LogP contribution in [0.4, 0.5) is 11.5 Å². The second kappa shape index (κ2) is 7.88. The highest BCUT2D eigenvalue weighted by molar-refractivity contribution is 7.20. The SMILES string of the molecule is CC(=O)c1cccc(NC(=O)c2sc3ncnc(N4CCN(C)CC4)c3c2C)c1. The van der Waals surface area contributed by atoms with Crippen LogP contribution in [0.2, 0.25) is 0 Å². The third-order valence-corrected chi connectivity index (χ3v) is 6.44. The first kappa shape index (κ1) is 19.5. The van der Waals surface area contributed by atoms with E-state index in [1.165, 1.54) is 18.3 Å². The van der Waals surface area contributed by atoms with E-state index < -0.39 is 0 Å². The molecule has 1 aromatic carbocycles. The number of aromatic nitrogens is 2. The Morgan fingerprint density at radius 3 is 2.62 bits per heavy atom. The molecule has 0 bridgehead atoms. The first-order valence-corrected chi connectivity index (χ1v) is 10.4. The van der Waals surface area contributed by atoms with Crippen LogP contribution < -0.4 is 10.2 Å². The van der Waals surface area contributed by atoms with Gasteiger partial charge in [0.15, 0.2) is 5.78 Å². The minimum Gasteiger partial charge on any atom is -0.353 e. The normalized spacial score (nSPS) is 14.9. The molecule has 0 radical (unpaired) electrons. The summed E-state index contributed by atoms with van der Waals surface area (Å²) >= 11 is 1.37. The van der Waals surface area contributed by atoms with Crippen molar-refractivity contribution < 1.29 is 9.59 Å². The van der Waals surface area contributed by atoms with Crippen molar-refractivity contribution in [1.29, 1.82) is 0 Å². The number of Topliss-reactive ketones (excluding diaryl/α,β-unsaturated/α-hetero) is 1. The van der Waals surface area contributed by atoms with Crippen LogP contribution in [-0.4, -0.2) is 59.8 Å². The van der Waals surface area contributed by atoms with E-state index in [2.05, 4.69) is 32.1 Å². The summed E-state index contributed by atoms with van der Waals surface area (Å²) in [5.74, 6) is 0.663. The highest BCUT2D eigenvalue weighted by Crippen LogP contribution is 2.35. The number of amides is 1. The van der Waals surface area contributed by atoms with Gasteiger partial charge in [0.25, 0.3) is 5.91 Å². The Labute approximate surface area is 173 Å². The van der Waals surface area contributed by atoms with E-state index in [9.17, 15) is 9.59 Å². The second-order valence-corrected chi connectivity index (χ2v) is 8.31. The topological polar surface area (TPSA) is 78.4 Å². The Morgan fingerprint density at radius 2 is 1.90 bits per heavy atom. The molecule has 3 aromatic rings. The highest BCUT2D eigenvalue weighted by atomic mass is 32.1. The molecule has 0 spiro atoms. The largest absolute Gasteiger partial charge is 0.353 e. The smallest absolute Gasteiger partial charge is 0.266 e. The molecule has 1 amide bonds. The fraction of sp³-hybridized carbons (Fsp3) is 0.333. The Bertz CT molecular complexity index is 1090. The van der Waals surface area contributed by atoms with Crippen LogP contribution in [0.5, 0.6) is 0 Å². The van der Waals surface area contributed by atoms with Gasteiger partial charge in [-0.05, 0) is 38.6 Å². The van der Waals surface area contributed by atoms with Gasteiger partial charge in [-0.1, -0.05) is 12.1 Å². The minimum atomic E-state index is -0.199. The summed E-state index contributed by atoms with van der Waals surface area (Å²) in [6, 6.07) is 6.97.